The summed E-state index contributed by atoms with van der Waals surface area (Å²) in [6, 6.07) is 3.28. The van der Waals surface area contributed by atoms with Gasteiger partial charge in [-0.15, -0.1) is 6.42 Å². The Hall–Kier alpha value is -5.04. The van der Waals surface area contributed by atoms with Gasteiger partial charge in [-0.2, -0.15) is 23.1 Å². The summed E-state index contributed by atoms with van der Waals surface area (Å²) >= 11 is 0. The average molecular weight is 726 g/mol. The fourth-order valence-corrected chi connectivity index (χ4v) is 8.74. The normalized spacial score (nSPS) is 24.5. The van der Waals surface area contributed by atoms with Crippen molar-refractivity contribution in [3.8, 4) is 35.4 Å². The highest BCUT2D eigenvalue weighted by molar-refractivity contribution is 6.05. The number of alkyl halides is 4. The Morgan fingerprint density at radius 2 is 1.87 bits per heavy atom. The Kier molecular flexibility index (Phi) is 8.05. The van der Waals surface area contributed by atoms with E-state index in [4.69, 9.17) is 11.2 Å². The van der Waals surface area contributed by atoms with Crippen LogP contribution in [0.5, 0.6) is 11.8 Å². The van der Waals surface area contributed by atoms with Gasteiger partial charge in [-0.3, -0.25) is 9.69 Å². The number of phenols is 1. The molecular formula is C36H33F6N7O3. The molecule has 4 saturated heterocycles. The van der Waals surface area contributed by atoms with Crippen molar-refractivity contribution in [3.05, 3.63) is 41.5 Å². The van der Waals surface area contributed by atoms with Gasteiger partial charge >= 0.3 is 18.1 Å². The molecular weight excluding hydrogens is 692 g/mol. The van der Waals surface area contributed by atoms with Crippen LogP contribution in [-0.4, -0.2) is 106 Å². The van der Waals surface area contributed by atoms with E-state index in [9.17, 15) is 31.9 Å². The summed E-state index contributed by atoms with van der Waals surface area (Å²) < 4.78 is 93.6. The van der Waals surface area contributed by atoms with Crippen molar-refractivity contribution in [2.75, 3.05) is 50.1 Å². The molecule has 16 heteroatoms. The number of aromatic nitrogens is 3. The average Bonchev–Trinajstić information content (AvgIpc) is 3.72. The molecule has 0 radical (unpaired) electrons. The van der Waals surface area contributed by atoms with E-state index >= 15 is 4.39 Å². The highest BCUT2D eigenvalue weighted by Gasteiger charge is 2.52. The SMILES string of the molecule is C#Cc1c(F)ccc2cc(O)cc(-c3nc(NC)c4c(N5CC6CCC(C5)N6C(=O)C(F)(F)F)nc(OC[C@]56CCCN5C[C@@H](F)C6)nc4c3F)c12. The lowest BCUT2D eigenvalue weighted by atomic mass is 9.95. The number of pyridine rings is 1. The molecule has 2 unspecified atom stereocenters. The molecule has 2 aromatic carbocycles. The summed E-state index contributed by atoms with van der Waals surface area (Å²) in [7, 11) is 1.52. The van der Waals surface area contributed by atoms with Gasteiger partial charge in [0.2, 0.25) is 0 Å². The number of aromatic hydroxyl groups is 1. The van der Waals surface area contributed by atoms with Crippen LogP contribution < -0.4 is 15.0 Å². The predicted molar refractivity (Wildman–Crippen MR) is 180 cm³/mol. The summed E-state index contributed by atoms with van der Waals surface area (Å²) in [6.45, 7) is 0.895. The van der Waals surface area contributed by atoms with Crippen molar-refractivity contribution < 1.29 is 41.0 Å². The number of benzene rings is 2. The van der Waals surface area contributed by atoms with E-state index < -0.39 is 47.5 Å². The lowest BCUT2D eigenvalue weighted by molar-refractivity contribution is -0.188. The molecule has 0 saturated carbocycles. The van der Waals surface area contributed by atoms with Crippen LogP contribution in [0.1, 0.15) is 37.7 Å². The van der Waals surface area contributed by atoms with Crippen molar-refractivity contribution in [2.24, 2.45) is 0 Å². The van der Waals surface area contributed by atoms with E-state index in [1.165, 1.54) is 25.2 Å². The third kappa shape index (κ3) is 5.39. The molecule has 10 nitrogen and oxygen atoms in total. The van der Waals surface area contributed by atoms with Crippen LogP contribution in [0.15, 0.2) is 24.3 Å². The number of anilines is 2. The fourth-order valence-electron chi connectivity index (χ4n) is 8.74. The van der Waals surface area contributed by atoms with Gasteiger partial charge < -0.3 is 25.0 Å². The molecule has 4 aliphatic heterocycles. The van der Waals surface area contributed by atoms with E-state index in [2.05, 4.69) is 26.2 Å². The first-order valence-electron chi connectivity index (χ1n) is 17.0. The molecule has 272 valence electrons. The van der Waals surface area contributed by atoms with Crippen LogP contribution in [0.25, 0.3) is 32.9 Å². The summed E-state index contributed by atoms with van der Waals surface area (Å²) in [4.78, 5) is 30.7. The number of hydrogen-bond donors (Lipinski definition) is 2. The zero-order valence-corrected chi connectivity index (χ0v) is 27.9. The molecule has 2 aromatic heterocycles. The number of carbonyl (C=O) groups excluding carboxylic acids is 1. The quantitative estimate of drug-likeness (QED) is 0.196. The summed E-state index contributed by atoms with van der Waals surface area (Å²) in [6.07, 6.45) is 2.02. The number of rotatable bonds is 6. The second-order valence-corrected chi connectivity index (χ2v) is 13.9. The van der Waals surface area contributed by atoms with Crippen molar-refractivity contribution in [1.29, 1.82) is 0 Å². The Labute approximate surface area is 293 Å². The van der Waals surface area contributed by atoms with Crippen LogP contribution >= 0.6 is 0 Å². The van der Waals surface area contributed by atoms with Crippen LogP contribution in [0.2, 0.25) is 0 Å². The predicted octanol–water partition coefficient (Wildman–Crippen LogP) is 5.55. The second kappa shape index (κ2) is 12.3. The zero-order valence-electron chi connectivity index (χ0n) is 27.9. The van der Waals surface area contributed by atoms with Gasteiger partial charge in [0.05, 0.1) is 28.6 Å². The van der Waals surface area contributed by atoms with Crippen LogP contribution in [0, 0.1) is 24.0 Å². The van der Waals surface area contributed by atoms with Crippen molar-refractivity contribution >= 4 is 39.2 Å². The van der Waals surface area contributed by atoms with E-state index in [0.717, 1.165) is 17.4 Å². The van der Waals surface area contributed by atoms with Gasteiger partial charge in [0.15, 0.2) is 5.82 Å². The number of nitrogens with one attached hydrogen (secondary N) is 1. The number of hydrogen-bond acceptors (Lipinski definition) is 9. The highest BCUT2D eigenvalue weighted by atomic mass is 19.4. The first kappa shape index (κ1) is 34.1. The van der Waals surface area contributed by atoms with Gasteiger partial charge in [-0.1, -0.05) is 12.0 Å². The van der Waals surface area contributed by atoms with Gasteiger partial charge in [0.25, 0.3) is 0 Å². The monoisotopic (exact) mass is 725 g/mol. The Morgan fingerprint density at radius 1 is 1.12 bits per heavy atom. The lowest BCUT2D eigenvalue weighted by Gasteiger charge is -2.42. The van der Waals surface area contributed by atoms with Crippen LogP contribution in [-0.2, 0) is 4.79 Å². The highest BCUT2D eigenvalue weighted by Crippen LogP contribution is 2.44. The molecule has 0 aliphatic carbocycles. The molecule has 8 rings (SSSR count). The summed E-state index contributed by atoms with van der Waals surface area (Å²) in [5, 5.41) is 14.1. The largest absolute Gasteiger partial charge is 0.508 e. The van der Waals surface area contributed by atoms with Gasteiger partial charge in [0.1, 0.15) is 47.2 Å². The minimum absolute atomic E-state index is 0.0118. The Balaban J connectivity index is 1.30. The number of carbonyl (C=O) groups is 1. The number of phenolic OH excluding ortho intramolecular Hbond substituents is 1. The number of nitrogens with zero attached hydrogens (tertiary/aromatic N) is 6. The molecule has 4 fully saturated rings. The lowest BCUT2D eigenvalue weighted by Crippen LogP contribution is -2.59. The first-order valence-corrected chi connectivity index (χ1v) is 17.0. The number of fused-ring (bicyclic) bond motifs is 5. The molecule has 6 heterocycles. The third-order valence-corrected chi connectivity index (χ3v) is 10.9. The number of amides is 1. The molecule has 4 aliphatic rings. The first-order chi connectivity index (χ1) is 24.8. The van der Waals surface area contributed by atoms with E-state index in [-0.39, 0.29) is 89.2 Å². The second-order valence-electron chi connectivity index (χ2n) is 13.9. The molecule has 1 amide bonds. The Bertz CT molecular complexity index is 2160. The maximum atomic E-state index is 17.1. The molecule has 4 aromatic rings. The third-order valence-electron chi connectivity index (χ3n) is 10.9. The van der Waals surface area contributed by atoms with Crippen LogP contribution in [0.3, 0.4) is 0 Å². The number of ether oxygens (including phenoxy) is 1. The topological polar surface area (TPSA) is 107 Å². The summed E-state index contributed by atoms with van der Waals surface area (Å²) in [5.41, 5.74) is -1.39. The van der Waals surface area contributed by atoms with Gasteiger partial charge in [-0.25, -0.2) is 18.2 Å². The molecule has 0 spiro atoms. The number of halogens is 6. The van der Waals surface area contributed by atoms with E-state index in [1.807, 2.05) is 4.90 Å². The Morgan fingerprint density at radius 3 is 2.56 bits per heavy atom. The van der Waals surface area contributed by atoms with Crippen molar-refractivity contribution in [3.63, 3.8) is 0 Å². The number of piperazine rings is 1. The standard InChI is InChI=1S/C36H33F6N7O3/c1-3-23-25(38)8-5-18-11-22(50)12-24(26(18)23)29-28(39)30-27(31(43-2)44-29)32(47-15-20-6-7-21(16-47)49(20)33(51)36(40,41)42)46-34(45-30)52-17-35-9-4-10-48(35)14-19(37)13-35/h1,5,8,11-12,19-21,50H,4,6-7,9-10,13-17H2,2H3,(H,43,44)/t19-,20?,21?,35+/m0/s1. The van der Waals surface area contributed by atoms with Crippen LogP contribution in [0.4, 0.5) is 38.0 Å². The minimum atomic E-state index is -5.04. The zero-order chi connectivity index (χ0) is 36.7. The molecule has 2 N–H and O–H groups in total. The maximum absolute atomic E-state index is 17.1. The molecule has 2 bridgehead atoms. The van der Waals surface area contributed by atoms with Gasteiger partial charge in [-0.05, 0) is 55.8 Å². The maximum Gasteiger partial charge on any atom is 0.471 e. The molecule has 52 heavy (non-hydrogen) atoms. The minimum Gasteiger partial charge on any atom is -0.508 e. The number of terminal acetylenes is 1. The summed E-state index contributed by atoms with van der Waals surface area (Å²) in [5.74, 6) is -1.40. The fraction of sp³-hybridized carbons (Fsp3) is 0.444. The van der Waals surface area contributed by atoms with Crippen molar-refractivity contribution in [2.45, 2.75) is 62.1 Å². The van der Waals surface area contributed by atoms with Crippen molar-refractivity contribution in [1.82, 2.24) is 24.8 Å². The van der Waals surface area contributed by atoms with Gasteiger partial charge in [0, 0.05) is 44.1 Å². The smallest absolute Gasteiger partial charge is 0.471 e. The van der Waals surface area contributed by atoms with E-state index in [0.29, 0.717) is 31.2 Å². The van der Waals surface area contributed by atoms with E-state index in [1.54, 1.807) is 4.90 Å². The molecule has 4 atom stereocenters.